The van der Waals surface area contributed by atoms with Gasteiger partial charge in [0.2, 0.25) is 5.91 Å². The van der Waals surface area contributed by atoms with Crippen LogP contribution >= 0.6 is 0 Å². The molecule has 2 aromatic carbocycles. The van der Waals surface area contributed by atoms with Crippen molar-refractivity contribution in [2.75, 3.05) is 32.1 Å². The van der Waals surface area contributed by atoms with E-state index in [4.69, 9.17) is 9.47 Å². The number of hydrogen-bond donors (Lipinski definition) is 2. The van der Waals surface area contributed by atoms with Crippen molar-refractivity contribution in [1.29, 1.82) is 0 Å². The van der Waals surface area contributed by atoms with Crippen LogP contribution in [0.4, 0.5) is 5.69 Å². The first-order chi connectivity index (χ1) is 11.8. The number of fused-ring (bicyclic) bond motifs is 1. The van der Waals surface area contributed by atoms with Gasteiger partial charge in [0.1, 0.15) is 11.5 Å². The lowest BCUT2D eigenvalue weighted by atomic mass is 9.97. The molecule has 0 saturated carbocycles. The summed E-state index contributed by atoms with van der Waals surface area (Å²) in [6, 6.07) is 15.6. The van der Waals surface area contributed by atoms with E-state index in [9.17, 15) is 4.79 Å². The van der Waals surface area contributed by atoms with Crippen molar-refractivity contribution in [1.82, 2.24) is 5.32 Å². The molecule has 1 aliphatic heterocycles. The number of ether oxygens (including phenoxy) is 2. The van der Waals surface area contributed by atoms with Crippen LogP contribution in [-0.4, -0.2) is 32.7 Å². The summed E-state index contributed by atoms with van der Waals surface area (Å²) in [6.45, 7) is 1.46. The number of benzene rings is 2. The van der Waals surface area contributed by atoms with E-state index in [1.807, 2.05) is 42.5 Å². The van der Waals surface area contributed by atoms with Crippen molar-refractivity contribution in [3.63, 3.8) is 0 Å². The van der Waals surface area contributed by atoms with Crippen LogP contribution in [0, 0.1) is 5.92 Å². The zero-order chi connectivity index (χ0) is 16.8. The second-order valence-electron chi connectivity index (χ2n) is 5.85. The molecular weight excluding hydrogens is 304 g/mol. The van der Waals surface area contributed by atoms with Crippen LogP contribution in [0.1, 0.15) is 5.56 Å². The van der Waals surface area contributed by atoms with Crippen LogP contribution in [0.3, 0.4) is 0 Å². The molecule has 2 aromatic rings. The average Bonchev–Trinajstić information content (AvgIpc) is 2.64. The van der Waals surface area contributed by atoms with Crippen molar-refractivity contribution in [3.8, 4) is 11.5 Å². The summed E-state index contributed by atoms with van der Waals surface area (Å²) in [5, 5.41) is 6.07. The molecule has 1 atom stereocenters. The minimum atomic E-state index is -0.0419. The highest BCUT2D eigenvalue weighted by Crippen LogP contribution is 2.26. The topological polar surface area (TPSA) is 59.6 Å². The van der Waals surface area contributed by atoms with Crippen LogP contribution < -0.4 is 20.1 Å². The van der Waals surface area contributed by atoms with Gasteiger partial charge in [-0.2, -0.15) is 0 Å². The fourth-order valence-corrected chi connectivity index (χ4v) is 2.81. The van der Waals surface area contributed by atoms with Gasteiger partial charge in [0.15, 0.2) is 0 Å². The van der Waals surface area contributed by atoms with Gasteiger partial charge >= 0.3 is 0 Å². The lowest BCUT2D eigenvalue weighted by molar-refractivity contribution is -0.119. The van der Waals surface area contributed by atoms with Gasteiger partial charge in [0.25, 0.3) is 0 Å². The molecular formula is C19H22N2O3. The molecule has 0 aromatic heterocycles. The highest BCUT2D eigenvalue weighted by Gasteiger charge is 2.19. The largest absolute Gasteiger partial charge is 0.495 e. The third kappa shape index (κ3) is 3.98. The van der Waals surface area contributed by atoms with Crippen LogP contribution in [0.25, 0.3) is 0 Å². The Balaban J connectivity index is 1.45. The highest BCUT2D eigenvalue weighted by molar-refractivity contribution is 5.81. The van der Waals surface area contributed by atoms with E-state index >= 15 is 0 Å². The smallest absolute Gasteiger partial charge is 0.239 e. The fourth-order valence-electron chi connectivity index (χ4n) is 2.81. The SMILES string of the molecule is COc1ccccc1NCC(=O)NC[C@@H]1COc2ccccc2C1. The second kappa shape index (κ2) is 7.73. The maximum Gasteiger partial charge on any atom is 0.239 e. The van der Waals surface area contributed by atoms with Gasteiger partial charge in [0, 0.05) is 12.5 Å². The summed E-state index contributed by atoms with van der Waals surface area (Å²) in [7, 11) is 1.61. The highest BCUT2D eigenvalue weighted by atomic mass is 16.5. The zero-order valence-corrected chi connectivity index (χ0v) is 13.7. The molecule has 0 spiro atoms. The first kappa shape index (κ1) is 16.2. The van der Waals surface area contributed by atoms with Crippen molar-refractivity contribution >= 4 is 11.6 Å². The maximum absolute atomic E-state index is 12.0. The van der Waals surface area contributed by atoms with Gasteiger partial charge in [0.05, 0.1) is 25.9 Å². The Morgan fingerprint density at radius 2 is 2.00 bits per heavy atom. The van der Waals surface area contributed by atoms with E-state index in [-0.39, 0.29) is 12.5 Å². The summed E-state index contributed by atoms with van der Waals surface area (Å²) in [5.41, 5.74) is 2.01. The number of carbonyl (C=O) groups excluding carboxylic acids is 1. The number of rotatable bonds is 6. The van der Waals surface area contributed by atoms with Crippen molar-refractivity contribution < 1.29 is 14.3 Å². The molecule has 126 valence electrons. The number of carbonyl (C=O) groups is 1. The molecule has 0 bridgehead atoms. The normalized spacial score (nSPS) is 15.8. The van der Waals surface area contributed by atoms with Crippen LogP contribution in [0.15, 0.2) is 48.5 Å². The number of methoxy groups -OCH3 is 1. The lowest BCUT2D eigenvalue weighted by Gasteiger charge is -2.25. The van der Waals surface area contributed by atoms with E-state index in [2.05, 4.69) is 16.7 Å². The first-order valence-electron chi connectivity index (χ1n) is 8.10. The van der Waals surface area contributed by atoms with Gasteiger partial charge in [-0.3, -0.25) is 4.79 Å². The standard InChI is InChI=1S/C19H22N2O3/c1-23-18-9-5-3-7-16(18)20-12-19(22)21-11-14-10-15-6-2-4-8-17(15)24-13-14/h2-9,14,20H,10-13H2,1H3,(H,21,22)/t14-/m1/s1. The fraction of sp³-hybridized carbons (Fsp3) is 0.316. The number of amides is 1. The molecule has 1 amide bonds. The Bertz CT molecular complexity index is 703. The van der Waals surface area contributed by atoms with Crippen LogP contribution in [-0.2, 0) is 11.2 Å². The molecule has 0 saturated heterocycles. The number of para-hydroxylation sites is 3. The van der Waals surface area contributed by atoms with E-state index < -0.39 is 0 Å². The first-order valence-corrected chi connectivity index (χ1v) is 8.10. The summed E-state index contributed by atoms with van der Waals surface area (Å²) in [6.07, 6.45) is 0.927. The Kier molecular flexibility index (Phi) is 5.21. The molecule has 0 unspecified atom stereocenters. The third-order valence-corrected chi connectivity index (χ3v) is 4.09. The molecule has 1 heterocycles. The minimum absolute atomic E-state index is 0.0419. The number of anilines is 1. The van der Waals surface area contributed by atoms with Crippen molar-refractivity contribution in [2.24, 2.45) is 5.92 Å². The van der Waals surface area contributed by atoms with Gasteiger partial charge in [-0.25, -0.2) is 0 Å². The summed E-state index contributed by atoms with van der Waals surface area (Å²) in [5.74, 6) is 1.94. The van der Waals surface area contributed by atoms with Gasteiger partial charge in [-0.15, -0.1) is 0 Å². The predicted molar refractivity (Wildman–Crippen MR) is 93.6 cm³/mol. The average molecular weight is 326 g/mol. The Morgan fingerprint density at radius 1 is 1.21 bits per heavy atom. The molecule has 24 heavy (non-hydrogen) atoms. The summed E-state index contributed by atoms with van der Waals surface area (Å²) < 4.78 is 11.0. The Hall–Kier alpha value is -2.69. The van der Waals surface area contributed by atoms with E-state index in [1.165, 1.54) is 5.56 Å². The second-order valence-corrected chi connectivity index (χ2v) is 5.85. The molecule has 1 aliphatic rings. The Morgan fingerprint density at radius 3 is 2.88 bits per heavy atom. The van der Waals surface area contributed by atoms with Crippen molar-refractivity contribution in [3.05, 3.63) is 54.1 Å². The lowest BCUT2D eigenvalue weighted by Crippen LogP contribution is -2.37. The molecule has 3 rings (SSSR count). The minimum Gasteiger partial charge on any atom is -0.495 e. The third-order valence-electron chi connectivity index (χ3n) is 4.09. The summed E-state index contributed by atoms with van der Waals surface area (Å²) >= 11 is 0. The molecule has 0 fully saturated rings. The van der Waals surface area contributed by atoms with Gasteiger partial charge < -0.3 is 20.1 Å². The van der Waals surface area contributed by atoms with E-state index in [0.717, 1.165) is 23.6 Å². The quantitative estimate of drug-likeness (QED) is 0.856. The van der Waals surface area contributed by atoms with Crippen LogP contribution in [0.2, 0.25) is 0 Å². The Labute approximate surface area is 142 Å². The summed E-state index contributed by atoms with van der Waals surface area (Å²) in [4.78, 5) is 12.0. The molecule has 5 heteroatoms. The van der Waals surface area contributed by atoms with E-state index in [1.54, 1.807) is 7.11 Å². The van der Waals surface area contributed by atoms with Crippen LogP contribution in [0.5, 0.6) is 11.5 Å². The number of hydrogen-bond acceptors (Lipinski definition) is 4. The van der Waals surface area contributed by atoms with Gasteiger partial charge in [-0.05, 0) is 30.2 Å². The number of nitrogens with one attached hydrogen (secondary N) is 2. The monoisotopic (exact) mass is 326 g/mol. The molecule has 0 radical (unpaired) electrons. The van der Waals surface area contributed by atoms with Gasteiger partial charge in [-0.1, -0.05) is 30.3 Å². The zero-order valence-electron chi connectivity index (χ0n) is 13.7. The molecule has 0 aliphatic carbocycles. The molecule has 2 N–H and O–H groups in total. The van der Waals surface area contributed by atoms with E-state index in [0.29, 0.717) is 19.1 Å². The maximum atomic E-state index is 12.0. The van der Waals surface area contributed by atoms with Crippen molar-refractivity contribution in [2.45, 2.75) is 6.42 Å². The molecule has 5 nitrogen and oxygen atoms in total. The predicted octanol–water partition coefficient (Wildman–Crippen LogP) is 2.47.